The maximum absolute atomic E-state index is 6.19. The first-order valence-electron chi connectivity index (χ1n) is 10.1. The Bertz CT molecular complexity index is 798. The van der Waals surface area contributed by atoms with E-state index in [2.05, 4.69) is 52.2 Å². The van der Waals surface area contributed by atoms with Gasteiger partial charge in [-0.25, -0.2) is 0 Å². The van der Waals surface area contributed by atoms with E-state index in [0.717, 1.165) is 50.1 Å². The van der Waals surface area contributed by atoms with Crippen molar-refractivity contribution in [1.82, 2.24) is 10.1 Å². The second-order valence-corrected chi connectivity index (χ2v) is 8.00. The lowest BCUT2D eigenvalue weighted by atomic mass is 9.99. The third kappa shape index (κ3) is 4.60. The largest absolute Gasteiger partial charge is 0.369 e. The minimum Gasteiger partial charge on any atom is -0.369 e. The Kier molecular flexibility index (Phi) is 5.32. The molecule has 4 rings (SSSR count). The molecule has 5 nitrogen and oxygen atoms in total. The molecule has 1 aliphatic heterocycles. The predicted octanol–water partition coefficient (Wildman–Crippen LogP) is 3.75. The zero-order chi connectivity index (χ0) is 18.8. The summed E-state index contributed by atoms with van der Waals surface area (Å²) in [4.78, 5) is 4.91. The third-order valence-electron chi connectivity index (χ3n) is 5.52. The number of rotatable bonds is 6. The molecule has 0 bridgehead atoms. The standard InChI is InChI=1S/C22H30N4O/c1-16-13-21(27-24-16)15-25-9-11-26(12-10-25)20-7-8-22(17(2)23)19(14-20)6-5-18-3-4-18/h5-8,13-14,17-18H,3-4,9-12,15,23H2,1-2H3/b6-5+/t17-/m0/s1. The second-order valence-electron chi connectivity index (χ2n) is 8.00. The fourth-order valence-corrected chi connectivity index (χ4v) is 3.72. The lowest BCUT2D eigenvalue weighted by Gasteiger charge is -2.36. The van der Waals surface area contributed by atoms with Crippen molar-refractivity contribution in [2.45, 2.75) is 39.3 Å². The Morgan fingerprint density at radius 1 is 1.22 bits per heavy atom. The van der Waals surface area contributed by atoms with Gasteiger partial charge < -0.3 is 15.2 Å². The molecule has 0 amide bonds. The molecular weight excluding hydrogens is 336 g/mol. The number of aromatic nitrogens is 1. The van der Waals surface area contributed by atoms with Gasteiger partial charge >= 0.3 is 0 Å². The summed E-state index contributed by atoms with van der Waals surface area (Å²) in [5, 5.41) is 3.98. The van der Waals surface area contributed by atoms with E-state index in [-0.39, 0.29) is 6.04 Å². The number of nitrogens with two attached hydrogens (primary N) is 1. The van der Waals surface area contributed by atoms with E-state index >= 15 is 0 Å². The van der Waals surface area contributed by atoms with Crippen LogP contribution in [0.1, 0.15) is 48.4 Å². The maximum Gasteiger partial charge on any atom is 0.150 e. The van der Waals surface area contributed by atoms with Crippen molar-refractivity contribution in [3.63, 3.8) is 0 Å². The van der Waals surface area contributed by atoms with Crippen LogP contribution >= 0.6 is 0 Å². The third-order valence-corrected chi connectivity index (χ3v) is 5.52. The molecule has 0 spiro atoms. The lowest BCUT2D eigenvalue weighted by Crippen LogP contribution is -2.45. The highest BCUT2D eigenvalue weighted by Gasteiger charge is 2.20. The van der Waals surface area contributed by atoms with Crippen LogP contribution in [0, 0.1) is 12.8 Å². The van der Waals surface area contributed by atoms with Gasteiger partial charge in [0.25, 0.3) is 0 Å². The monoisotopic (exact) mass is 366 g/mol. The summed E-state index contributed by atoms with van der Waals surface area (Å²) in [6, 6.07) is 8.82. The summed E-state index contributed by atoms with van der Waals surface area (Å²) >= 11 is 0. The van der Waals surface area contributed by atoms with Crippen LogP contribution in [0.4, 0.5) is 5.69 Å². The van der Waals surface area contributed by atoms with Gasteiger partial charge in [-0.2, -0.15) is 0 Å². The number of anilines is 1. The van der Waals surface area contributed by atoms with Gasteiger partial charge in [0, 0.05) is 44.0 Å². The van der Waals surface area contributed by atoms with E-state index in [1.54, 1.807) is 0 Å². The molecule has 2 aliphatic rings. The Morgan fingerprint density at radius 3 is 2.63 bits per heavy atom. The highest BCUT2D eigenvalue weighted by molar-refractivity contribution is 5.63. The molecule has 1 aromatic carbocycles. The van der Waals surface area contributed by atoms with Gasteiger partial charge in [0.1, 0.15) is 0 Å². The fraction of sp³-hybridized carbons (Fsp3) is 0.500. The fourth-order valence-electron chi connectivity index (χ4n) is 3.72. The topological polar surface area (TPSA) is 58.5 Å². The van der Waals surface area contributed by atoms with Crippen LogP contribution < -0.4 is 10.6 Å². The maximum atomic E-state index is 6.19. The van der Waals surface area contributed by atoms with Gasteiger partial charge in [-0.3, -0.25) is 4.90 Å². The van der Waals surface area contributed by atoms with Crippen molar-refractivity contribution >= 4 is 11.8 Å². The highest BCUT2D eigenvalue weighted by Crippen LogP contribution is 2.32. The summed E-state index contributed by atoms with van der Waals surface area (Å²) in [5.41, 5.74) is 10.9. The van der Waals surface area contributed by atoms with Crippen molar-refractivity contribution in [1.29, 1.82) is 0 Å². The van der Waals surface area contributed by atoms with Crippen LogP contribution in [0.25, 0.3) is 6.08 Å². The predicted molar refractivity (Wildman–Crippen MR) is 110 cm³/mol. The number of hydrogen-bond donors (Lipinski definition) is 1. The molecule has 2 fully saturated rings. The zero-order valence-corrected chi connectivity index (χ0v) is 16.4. The summed E-state index contributed by atoms with van der Waals surface area (Å²) in [5.74, 6) is 1.73. The number of nitrogens with zero attached hydrogens (tertiary/aromatic N) is 3. The normalized spacial score (nSPS) is 19.7. The zero-order valence-electron chi connectivity index (χ0n) is 16.4. The molecule has 1 saturated carbocycles. The average molecular weight is 367 g/mol. The molecule has 1 atom stereocenters. The van der Waals surface area contributed by atoms with E-state index in [1.165, 1.54) is 29.7 Å². The van der Waals surface area contributed by atoms with E-state index in [9.17, 15) is 0 Å². The van der Waals surface area contributed by atoms with E-state index in [1.807, 2.05) is 13.0 Å². The Morgan fingerprint density at radius 2 is 2.00 bits per heavy atom. The number of benzene rings is 1. The molecule has 1 aliphatic carbocycles. The van der Waals surface area contributed by atoms with Gasteiger partial charge in [0.15, 0.2) is 5.76 Å². The molecule has 2 N–H and O–H groups in total. The van der Waals surface area contributed by atoms with Crippen LogP contribution in [-0.2, 0) is 6.54 Å². The van der Waals surface area contributed by atoms with Crippen LogP contribution in [0.2, 0.25) is 0 Å². The van der Waals surface area contributed by atoms with Crippen LogP contribution in [-0.4, -0.2) is 36.2 Å². The molecule has 0 radical (unpaired) electrons. The van der Waals surface area contributed by atoms with Gasteiger partial charge in [0.2, 0.25) is 0 Å². The quantitative estimate of drug-likeness (QED) is 0.844. The Hall–Kier alpha value is -2.11. The number of aryl methyl sites for hydroxylation is 1. The van der Waals surface area contributed by atoms with Crippen molar-refractivity contribution in [2.75, 3.05) is 31.1 Å². The summed E-state index contributed by atoms with van der Waals surface area (Å²) in [6.07, 6.45) is 7.29. The smallest absolute Gasteiger partial charge is 0.150 e. The minimum absolute atomic E-state index is 0.0557. The molecule has 2 aromatic rings. The summed E-state index contributed by atoms with van der Waals surface area (Å²) in [6.45, 7) is 8.98. The Labute approximate surface area is 161 Å². The van der Waals surface area contributed by atoms with Crippen molar-refractivity contribution < 1.29 is 4.52 Å². The molecule has 5 heteroatoms. The molecule has 27 heavy (non-hydrogen) atoms. The molecule has 2 heterocycles. The van der Waals surface area contributed by atoms with Gasteiger partial charge in [-0.05, 0) is 55.9 Å². The van der Waals surface area contributed by atoms with Crippen molar-refractivity contribution in [2.24, 2.45) is 11.7 Å². The summed E-state index contributed by atoms with van der Waals surface area (Å²) < 4.78 is 5.36. The van der Waals surface area contributed by atoms with E-state index in [4.69, 9.17) is 10.3 Å². The SMILES string of the molecule is Cc1cc(CN2CCN(c3ccc([C@H](C)N)c(/C=C/C4CC4)c3)CC2)on1. The van der Waals surface area contributed by atoms with Gasteiger partial charge in [0.05, 0.1) is 12.2 Å². The van der Waals surface area contributed by atoms with Crippen LogP contribution in [0.5, 0.6) is 0 Å². The van der Waals surface area contributed by atoms with Crippen molar-refractivity contribution in [3.05, 3.63) is 52.9 Å². The molecule has 0 unspecified atom stereocenters. The molecule has 1 aromatic heterocycles. The molecular formula is C22H30N4O. The van der Waals surface area contributed by atoms with Gasteiger partial charge in [-0.1, -0.05) is 23.4 Å². The number of allylic oxidation sites excluding steroid dienone is 1. The van der Waals surface area contributed by atoms with E-state index in [0.29, 0.717) is 0 Å². The first-order valence-corrected chi connectivity index (χ1v) is 10.1. The average Bonchev–Trinajstić information content (AvgIpc) is 3.41. The van der Waals surface area contributed by atoms with Crippen LogP contribution in [0.15, 0.2) is 34.9 Å². The highest BCUT2D eigenvalue weighted by atomic mass is 16.5. The molecule has 144 valence electrons. The first kappa shape index (κ1) is 18.3. The summed E-state index contributed by atoms with van der Waals surface area (Å²) in [7, 11) is 0. The van der Waals surface area contributed by atoms with Crippen molar-refractivity contribution in [3.8, 4) is 0 Å². The Balaban J connectivity index is 1.42. The number of hydrogen-bond acceptors (Lipinski definition) is 5. The van der Waals surface area contributed by atoms with E-state index < -0.39 is 0 Å². The van der Waals surface area contributed by atoms with Crippen LogP contribution in [0.3, 0.4) is 0 Å². The minimum atomic E-state index is 0.0557. The number of piperazine rings is 1. The second kappa shape index (κ2) is 7.87. The molecule has 1 saturated heterocycles. The first-order chi connectivity index (χ1) is 13.1. The lowest BCUT2D eigenvalue weighted by molar-refractivity contribution is 0.219. The van der Waals surface area contributed by atoms with Gasteiger partial charge in [-0.15, -0.1) is 0 Å².